The highest BCUT2D eigenvalue weighted by molar-refractivity contribution is 9.10. The first kappa shape index (κ1) is 16.6. The highest BCUT2D eigenvalue weighted by atomic mass is 79.9. The molecule has 5 nitrogen and oxygen atoms in total. The van der Waals surface area contributed by atoms with Gasteiger partial charge >= 0.3 is 0 Å². The highest BCUT2D eigenvalue weighted by Gasteiger charge is 2.22. The quantitative estimate of drug-likeness (QED) is 0.853. The van der Waals surface area contributed by atoms with Gasteiger partial charge in [-0.2, -0.15) is 0 Å². The van der Waals surface area contributed by atoms with Gasteiger partial charge in [0, 0.05) is 4.47 Å². The number of sulfonamides is 1. The van der Waals surface area contributed by atoms with Crippen molar-refractivity contribution in [2.24, 2.45) is 0 Å². The van der Waals surface area contributed by atoms with E-state index in [1.165, 1.54) is 20.3 Å². The third-order valence-electron chi connectivity index (χ3n) is 3.09. The summed E-state index contributed by atoms with van der Waals surface area (Å²) in [6.45, 7) is 1.86. The van der Waals surface area contributed by atoms with Gasteiger partial charge in [-0.25, -0.2) is 8.42 Å². The second-order valence-corrected chi connectivity index (χ2v) is 7.06. The topological polar surface area (TPSA) is 64.6 Å². The monoisotopic (exact) mass is 385 g/mol. The van der Waals surface area contributed by atoms with Crippen LogP contribution < -0.4 is 14.2 Å². The average molecular weight is 386 g/mol. The van der Waals surface area contributed by atoms with Gasteiger partial charge in [0.15, 0.2) is 0 Å². The number of hydrogen-bond acceptors (Lipinski definition) is 4. The molecule has 0 bridgehead atoms. The van der Waals surface area contributed by atoms with Gasteiger partial charge in [0.05, 0.1) is 19.9 Å². The van der Waals surface area contributed by atoms with Crippen molar-refractivity contribution in [3.8, 4) is 11.5 Å². The van der Waals surface area contributed by atoms with Crippen LogP contribution in [0.15, 0.2) is 45.8 Å². The Bertz CT molecular complexity index is 790. The van der Waals surface area contributed by atoms with Gasteiger partial charge in [0.2, 0.25) is 0 Å². The number of methoxy groups -OCH3 is 2. The second kappa shape index (κ2) is 6.58. The molecule has 1 N–H and O–H groups in total. The second-order valence-electron chi connectivity index (χ2n) is 4.56. The van der Waals surface area contributed by atoms with Crippen molar-refractivity contribution >= 4 is 31.6 Å². The van der Waals surface area contributed by atoms with Gasteiger partial charge in [-0.05, 0) is 36.8 Å². The number of ether oxygens (including phenoxy) is 2. The zero-order chi connectivity index (χ0) is 16.3. The lowest BCUT2D eigenvalue weighted by Crippen LogP contribution is -2.15. The predicted octanol–water partition coefficient (Wildman–Crippen LogP) is 3.58. The molecule has 118 valence electrons. The summed E-state index contributed by atoms with van der Waals surface area (Å²) in [6.07, 6.45) is 0. The van der Waals surface area contributed by atoms with E-state index in [0.717, 1.165) is 5.56 Å². The first-order valence-electron chi connectivity index (χ1n) is 6.39. The molecule has 2 aromatic rings. The third kappa shape index (κ3) is 3.36. The molecule has 0 unspecified atom stereocenters. The summed E-state index contributed by atoms with van der Waals surface area (Å²) in [7, 11) is -0.895. The van der Waals surface area contributed by atoms with Gasteiger partial charge in [-0.1, -0.05) is 28.1 Å². The van der Waals surface area contributed by atoms with Crippen LogP contribution in [0, 0.1) is 6.92 Å². The molecule has 0 atom stereocenters. The summed E-state index contributed by atoms with van der Waals surface area (Å²) in [4.78, 5) is 0.0541. The zero-order valence-electron chi connectivity index (χ0n) is 12.4. The van der Waals surface area contributed by atoms with E-state index in [0.29, 0.717) is 15.9 Å². The maximum Gasteiger partial charge on any atom is 0.265 e. The van der Waals surface area contributed by atoms with Crippen molar-refractivity contribution in [2.45, 2.75) is 11.8 Å². The zero-order valence-corrected chi connectivity index (χ0v) is 14.8. The summed E-state index contributed by atoms with van der Waals surface area (Å²) in [5, 5.41) is 0. The van der Waals surface area contributed by atoms with Crippen LogP contribution in [0.25, 0.3) is 0 Å². The number of nitrogens with one attached hydrogen (secondary N) is 1. The molecular formula is C15H16BrNO4S. The first-order valence-corrected chi connectivity index (χ1v) is 8.66. The Kier molecular flexibility index (Phi) is 4.97. The van der Waals surface area contributed by atoms with Crippen molar-refractivity contribution in [1.29, 1.82) is 0 Å². The third-order valence-corrected chi connectivity index (χ3v) is 5.33. The molecule has 0 fully saturated rings. The van der Waals surface area contributed by atoms with E-state index >= 15 is 0 Å². The van der Waals surface area contributed by atoms with Crippen LogP contribution in [0.4, 0.5) is 5.69 Å². The normalized spacial score (nSPS) is 11.1. The van der Waals surface area contributed by atoms with Crippen molar-refractivity contribution < 1.29 is 17.9 Å². The lowest BCUT2D eigenvalue weighted by molar-refractivity contribution is 0.402. The summed E-state index contributed by atoms with van der Waals surface area (Å²) in [6, 6.07) is 9.99. The molecule has 0 amide bonds. The van der Waals surface area contributed by atoms with Crippen LogP contribution in [0.1, 0.15) is 5.56 Å². The SMILES string of the molecule is COc1ccccc1NS(=O)(=O)c1cc(Br)c(C)cc1OC. The minimum atomic E-state index is -3.81. The Morgan fingerprint density at radius 3 is 2.32 bits per heavy atom. The predicted molar refractivity (Wildman–Crippen MR) is 89.2 cm³/mol. The van der Waals surface area contributed by atoms with Crippen LogP contribution in [-0.4, -0.2) is 22.6 Å². The van der Waals surface area contributed by atoms with Gasteiger partial charge in [0.1, 0.15) is 16.4 Å². The van der Waals surface area contributed by atoms with Crippen LogP contribution in [-0.2, 0) is 10.0 Å². The fraction of sp³-hybridized carbons (Fsp3) is 0.200. The highest BCUT2D eigenvalue weighted by Crippen LogP contribution is 2.33. The van der Waals surface area contributed by atoms with Crippen molar-refractivity contribution in [2.75, 3.05) is 18.9 Å². The molecule has 0 aliphatic carbocycles. The van der Waals surface area contributed by atoms with Crippen molar-refractivity contribution in [3.05, 3.63) is 46.4 Å². The minimum Gasteiger partial charge on any atom is -0.495 e. The number of halogens is 1. The van der Waals surface area contributed by atoms with Crippen LogP contribution in [0.3, 0.4) is 0 Å². The summed E-state index contributed by atoms with van der Waals surface area (Å²) < 4.78 is 38.9. The largest absolute Gasteiger partial charge is 0.495 e. The summed E-state index contributed by atoms with van der Waals surface area (Å²) in [5.41, 5.74) is 1.25. The molecule has 0 aromatic heterocycles. The standard InChI is InChI=1S/C15H16BrNO4S/c1-10-8-14(21-3)15(9-11(10)16)22(18,19)17-12-6-4-5-7-13(12)20-2/h4-9,17H,1-3H3. The molecule has 0 aliphatic heterocycles. The number of benzene rings is 2. The fourth-order valence-electron chi connectivity index (χ4n) is 1.93. The van der Waals surface area contributed by atoms with E-state index in [-0.39, 0.29) is 10.6 Å². The van der Waals surface area contributed by atoms with Crippen LogP contribution >= 0.6 is 15.9 Å². The van der Waals surface area contributed by atoms with Crippen LogP contribution in [0.5, 0.6) is 11.5 Å². The molecule has 0 heterocycles. The number of hydrogen-bond donors (Lipinski definition) is 1. The lowest BCUT2D eigenvalue weighted by Gasteiger charge is -2.15. The first-order chi connectivity index (χ1) is 10.4. The molecule has 7 heteroatoms. The fourth-order valence-corrected chi connectivity index (χ4v) is 3.68. The number of anilines is 1. The number of aryl methyl sites for hydroxylation is 1. The summed E-state index contributed by atoms with van der Waals surface area (Å²) in [5.74, 6) is 0.722. The van der Waals surface area contributed by atoms with Gasteiger partial charge in [0.25, 0.3) is 10.0 Å². The minimum absolute atomic E-state index is 0.0541. The lowest BCUT2D eigenvalue weighted by atomic mass is 10.2. The molecule has 0 spiro atoms. The Morgan fingerprint density at radius 1 is 1.05 bits per heavy atom. The molecule has 22 heavy (non-hydrogen) atoms. The van der Waals surface area contributed by atoms with Gasteiger partial charge in [-0.15, -0.1) is 0 Å². The number of rotatable bonds is 5. The van der Waals surface area contributed by atoms with Gasteiger partial charge < -0.3 is 9.47 Å². The van der Waals surface area contributed by atoms with E-state index < -0.39 is 10.0 Å². The van der Waals surface area contributed by atoms with E-state index in [9.17, 15) is 8.42 Å². The van der Waals surface area contributed by atoms with Crippen molar-refractivity contribution in [1.82, 2.24) is 0 Å². The Morgan fingerprint density at radius 2 is 1.68 bits per heavy atom. The van der Waals surface area contributed by atoms with Gasteiger partial charge in [-0.3, -0.25) is 4.72 Å². The summed E-state index contributed by atoms with van der Waals surface area (Å²) >= 11 is 3.34. The molecule has 2 rings (SSSR count). The molecule has 2 aromatic carbocycles. The Hall–Kier alpha value is -1.73. The van der Waals surface area contributed by atoms with Crippen LogP contribution in [0.2, 0.25) is 0 Å². The molecule has 0 radical (unpaired) electrons. The smallest absolute Gasteiger partial charge is 0.265 e. The molecular weight excluding hydrogens is 370 g/mol. The average Bonchev–Trinajstić information content (AvgIpc) is 2.49. The van der Waals surface area contributed by atoms with E-state index in [2.05, 4.69) is 20.7 Å². The maximum atomic E-state index is 12.6. The maximum absolute atomic E-state index is 12.6. The molecule has 0 saturated heterocycles. The molecule has 0 aliphatic rings. The van der Waals surface area contributed by atoms with Crippen molar-refractivity contribution in [3.63, 3.8) is 0 Å². The van der Waals surface area contributed by atoms with E-state index in [1.807, 2.05) is 6.92 Å². The Labute approximate surface area is 138 Å². The molecule has 0 saturated carbocycles. The Balaban J connectivity index is 2.49. The van der Waals surface area contributed by atoms with E-state index in [1.54, 1.807) is 30.3 Å². The number of para-hydroxylation sites is 2. The van der Waals surface area contributed by atoms with E-state index in [4.69, 9.17) is 9.47 Å².